The number of rotatable bonds is 4. The lowest BCUT2D eigenvalue weighted by Gasteiger charge is -2.38. The number of fused-ring (bicyclic) bond motifs is 1. The van der Waals surface area contributed by atoms with Crippen LogP contribution in [0.25, 0.3) is 0 Å². The van der Waals surface area contributed by atoms with Gasteiger partial charge in [-0.2, -0.15) is 0 Å². The van der Waals surface area contributed by atoms with E-state index < -0.39 is 0 Å². The monoisotopic (exact) mass is 273 g/mol. The van der Waals surface area contributed by atoms with E-state index in [1.807, 2.05) is 0 Å². The Labute approximate surface area is 122 Å². The summed E-state index contributed by atoms with van der Waals surface area (Å²) in [6, 6.07) is 9.34. The van der Waals surface area contributed by atoms with Gasteiger partial charge >= 0.3 is 0 Å². The molecule has 0 radical (unpaired) electrons. The minimum atomic E-state index is 0.143. The number of aliphatic hydroxyl groups is 1. The molecule has 2 nitrogen and oxygen atoms in total. The SMILES string of the molecule is OCC1(CNC2CCCc3ccccc32)CCCCC1. The molecule has 0 aliphatic heterocycles. The topological polar surface area (TPSA) is 32.3 Å². The van der Waals surface area contributed by atoms with Crippen molar-refractivity contribution in [1.82, 2.24) is 5.32 Å². The fourth-order valence-electron chi connectivity index (χ4n) is 4.00. The van der Waals surface area contributed by atoms with Crippen LogP contribution in [0.2, 0.25) is 0 Å². The summed E-state index contributed by atoms with van der Waals surface area (Å²) in [6.45, 7) is 1.32. The Morgan fingerprint density at radius 3 is 2.70 bits per heavy atom. The number of aryl methyl sites for hydroxylation is 1. The second-order valence-electron chi connectivity index (χ2n) is 6.74. The Hall–Kier alpha value is -0.860. The molecule has 3 rings (SSSR count). The summed E-state index contributed by atoms with van der Waals surface area (Å²) in [7, 11) is 0. The van der Waals surface area contributed by atoms with Crippen molar-refractivity contribution in [1.29, 1.82) is 0 Å². The minimum absolute atomic E-state index is 0.143. The van der Waals surface area contributed by atoms with Crippen LogP contribution in [0.15, 0.2) is 24.3 Å². The lowest BCUT2D eigenvalue weighted by molar-refractivity contribution is 0.0775. The molecule has 1 unspecified atom stereocenters. The summed E-state index contributed by atoms with van der Waals surface area (Å²) in [5.41, 5.74) is 3.14. The Balaban J connectivity index is 1.66. The molecule has 0 saturated heterocycles. The van der Waals surface area contributed by atoms with Crippen LogP contribution in [0.1, 0.15) is 62.1 Å². The van der Waals surface area contributed by atoms with Crippen LogP contribution in [0.5, 0.6) is 0 Å². The number of nitrogens with one attached hydrogen (secondary N) is 1. The van der Waals surface area contributed by atoms with Crippen molar-refractivity contribution >= 4 is 0 Å². The highest BCUT2D eigenvalue weighted by Crippen LogP contribution is 2.37. The predicted octanol–water partition coefficient (Wildman–Crippen LogP) is 3.60. The summed E-state index contributed by atoms with van der Waals surface area (Å²) in [6.07, 6.45) is 10.0. The number of benzene rings is 1. The molecule has 1 aromatic carbocycles. The molecule has 1 atom stereocenters. The summed E-state index contributed by atoms with van der Waals surface area (Å²) < 4.78 is 0. The zero-order chi connectivity index (χ0) is 13.8. The highest BCUT2D eigenvalue weighted by molar-refractivity contribution is 5.32. The molecule has 0 aromatic heterocycles. The largest absolute Gasteiger partial charge is 0.396 e. The maximum Gasteiger partial charge on any atom is 0.0499 e. The van der Waals surface area contributed by atoms with Crippen LogP contribution in [-0.2, 0) is 6.42 Å². The maximum atomic E-state index is 9.83. The molecule has 0 amide bonds. The van der Waals surface area contributed by atoms with E-state index >= 15 is 0 Å². The minimum Gasteiger partial charge on any atom is -0.396 e. The van der Waals surface area contributed by atoms with Crippen molar-refractivity contribution in [3.05, 3.63) is 35.4 Å². The van der Waals surface area contributed by atoms with Crippen LogP contribution in [0, 0.1) is 5.41 Å². The third-order valence-electron chi connectivity index (χ3n) is 5.34. The van der Waals surface area contributed by atoms with Crippen LogP contribution >= 0.6 is 0 Å². The molecule has 1 saturated carbocycles. The van der Waals surface area contributed by atoms with Crippen molar-refractivity contribution in [3.63, 3.8) is 0 Å². The number of aliphatic hydroxyl groups excluding tert-OH is 1. The first-order valence-electron chi connectivity index (χ1n) is 8.25. The van der Waals surface area contributed by atoms with E-state index in [0.29, 0.717) is 12.6 Å². The van der Waals surface area contributed by atoms with Crippen molar-refractivity contribution in [2.45, 2.75) is 57.4 Å². The van der Waals surface area contributed by atoms with Crippen LogP contribution in [-0.4, -0.2) is 18.3 Å². The number of hydrogen-bond acceptors (Lipinski definition) is 2. The van der Waals surface area contributed by atoms with E-state index in [1.165, 1.54) is 62.5 Å². The average Bonchev–Trinajstić information content (AvgIpc) is 2.54. The predicted molar refractivity (Wildman–Crippen MR) is 82.7 cm³/mol. The van der Waals surface area contributed by atoms with Gasteiger partial charge < -0.3 is 10.4 Å². The van der Waals surface area contributed by atoms with E-state index in [4.69, 9.17) is 0 Å². The van der Waals surface area contributed by atoms with Gasteiger partial charge in [-0.1, -0.05) is 43.5 Å². The summed E-state index contributed by atoms with van der Waals surface area (Å²) in [5, 5.41) is 13.6. The van der Waals surface area contributed by atoms with Gasteiger partial charge in [0.2, 0.25) is 0 Å². The molecule has 2 N–H and O–H groups in total. The molecular weight excluding hydrogens is 246 g/mol. The Bertz CT molecular complexity index is 437. The first kappa shape index (κ1) is 14.1. The Kier molecular flexibility index (Phi) is 4.42. The van der Waals surface area contributed by atoms with Gasteiger partial charge in [0.05, 0.1) is 0 Å². The summed E-state index contributed by atoms with van der Waals surface area (Å²) in [5.74, 6) is 0. The van der Waals surface area contributed by atoms with Crippen molar-refractivity contribution in [3.8, 4) is 0 Å². The molecular formula is C18H27NO. The first-order chi connectivity index (χ1) is 9.83. The molecule has 110 valence electrons. The zero-order valence-corrected chi connectivity index (χ0v) is 12.4. The van der Waals surface area contributed by atoms with Gasteiger partial charge in [0.15, 0.2) is 0 Å². The normalized spacial score (nSPS) is 25.1. The van der Waals surface area contributed by atoms with E-state index in [2.05, 4.69) is 29.6 Å². The van der Waals surface area contributed by atoms with E-state index in [9.17, 15) is 5.11 Å². The zero-order valence-electron chi connectivity index (χ0n) is 12.4. The van der Waals surface area contributed by atoms with Gasteiger partial charge in [-0.15, -0.1) is 0 Å². The van der Waals surface area contributed by atoms with Crippen molar-refractivity contribution in [2.24, 2.45) is 5.41 Å². The highest BCUT2D eigenvalue weighted by atomic mass is 16.3. The summed E-state index contributed by atoms with van der Waals surface area (Å²) >= 11 is 0. The van der Waals surface area contributed by atoms with Gasteiger partial charge in [0.25, 0.3) is 0 Å². The van der Waals surface area contributed by atoms with Gasteiger partial charge in [-0.25, -0.2) is 0 Å². The lowest BCUT2D eigenvalue weighted by Crippen LogP contribution is -2.41. The lowest BCUT2D eigenvalue weighted by atomic mass is 9.74. The molecule has 0 spiro atoms. The highest BCUT2D eigenvalue weighted by Gasteiger charge is 2.32. The third-order valence-corrected chi connectivity index (χ3v) is 5.34. The smallest absolute Gasteiger partial charge is 0.0499 e. The molecule has 0 heterocycles. The molecule has 20 heavy (non-hydrogen) atoms. The average molecular weight is 273 g/mol. The van der Waals surface area contributed by atoms with Gasteiger partial charge in [0, 0.05) is 24.6 Å². The Morgan fingerprint density at radius 2 is 1.90 bits per heavy atom. The second kappa shape index (κ2) is 6.28. The standard InChI is InChI=1S/C18H27NO/c20-14-18(11-4-1-5-12-18)13-19-17-10-6-8-15-7-2-3-9-16(15)17/h2-3,7,9,17,19-20H,1,4-6,8,10-14H2. The van der Waals surface area contributed by atoms with E-state index in [1.54, 1.807) is 0 Å². The molecule has 1 fully saturated rings. The van der Waals surface area contributed by atoms with E-state index in [0.717, 1.165) is 6.54 Å². The van der Waals surface area contributed by atoms with Gasteiger partial charge in [-0.3, -0.25) is 0 Å². The second-order valence-corrected chi connectivity index (χ2v) is 6.74. The maximum absolute atomic E-state index is 9.83. The molecule has 2 heteroatoms. The van der Waals surface area contributed by atoms with Crippen molar-refractivity contribution < 1.29 is 5.11 Å². The fraction of sp³-hybridized carbons (Fsp3) is 0.667. The molecule has 2 aliphatic rings. The van der Waals surface area contributed by atoms with Crippen LogP contribution in [0.3, 0.4) is 0 Å². The molecule has 2 aliphatic carbocycles. The Morgan fingerprint density at radius 1 is 1.10 bits per heavy atom. The van der Waals surface area contributed by atoms with Crippen molar-refractivity contribution in [2.75, 3.05) is 13.2 Å². The molecule has 1 aromatic rings. The quantitative estimate of drug-likeness (QED) is 0.878. The fourth-order valence-corrected chi connectivity index (χ4v) is 4.00. The summed E-state index contributed by atoms with van der Waals surface area (Å²) in [4.78, 5) is 0. The van der Waals surface area contributed by atoms with Crippen LogP contribution in [0.4, 0.5) is 0 Å². The van der Waals surface area contributed by atoms with Crippen LogP contribution < -0.4 is 5.32 Å². The third kappa shape index (κ3) is 2.91. The van der Waals surface area contributed by atoms with Gasteiger partial charge in [-0.05, 0) is 43.2 Å². The van der Waals surface area contributed by atoms with E-state index in [-0.39, 0.29) is 5.41 Å². The number of hydrogen-bond donors (Lipinski definition) is 2. The van der Waals surface area contributed by atoms with Gasteiger partial charge in [0.1, 0.15) is 0 Å². The molecule has 0 bridgehead atoms. The first-order valence-corrected chi connectivity index (χ1v) is 8.25.